The molecule has 11 nitrogen and oxygen atoms in total. The maximum atomic E-state index is 12.9. The highest BCUT2D eigenvalue weighted by molar-refractivity contribution is 7.81. The molecule has 2 heterocycles. The van der Waals surface area contributed by atoms with Crippen molar-refractivity contribution in [2.45, 2.75) is 25.4 Å². The number of hydrogen-bond donors (Lipinski definition) is 2. The van der Waals surface area contributed by atoms with Gasteiger partial charge in [0.25, 0.3) is 5.91 Å². The number of fused-ring (bicyclic) bond motifs is 1. The first-order chi connectivity index (χ1) is 13.0. The molecule has 0 bridgehead atoms. The molecule has 0 aliphatic carbocycles. The lowest BCUT2D eigenvalue weighted by Crippen LogP contribution is -2.52. The van der Waals surface area contributed by atoms with Crippen LogP contribution in [0.25, 0.3) is 0 Å². The van der Waals surface area contributed by atoms with E-state index in [1.807, 2.05) is 0 Å². The first kappa shape index (κ1) is 19.5. The van der Waals surface area contributed by atoms with Crippen LogP contribution in [0.4, 0.5) is 3.89 Å². The Bertz CT molecular complexity index is 991. The molecule has 1 fully saturated rings. The Labute approximate surface area is 157 Å². The fraction of sp³-hybridized carbons (Fsp3) is 0.333. The maximum Gasteiger partial charge on any atom is 0.488 e. The third-order valence-electron chi connectivity index (χ3n) is 4.14. The predicted molar refractivity (Wildman–Crippen MR) is 86.3 cm³/mol. The zero-order valence-corrected chi connectivity index (χ0v) is 14.8. The normalized spacial score (nSPS) is 19.2. The van der Waals surface area contributed by atoms with Crippen LogP contribution in [0.2, 0.25) is 0 Å². The number of halogens is 1. The lowest BCUT2D eigenvalue weighted by Gasteiger charge is -2.29. The minimum absolute atomic E-state index is 0.0212. The van der Waals surface area contributed by atoms with E-state index < -0.39 is 52.6 Å². The van der Waals surface area contributed by atoms with Crippen molar-refractivity contribution in [3.8, 4) is 11.5 Å². The first-order valence-electron chi connectivity index (χ1n) is 7.85. The van der Waals surface area contributed by atoms with E-state index in [2.05, 4.69) is 9.50 Å². The van der Waals surface area contributed by atoms with Crippen molar-refractivity contribution in [2.75, 3.05) is 6.61 Å². The van der Waals surface area contributed by atoms with Crippen LogP contribution in [0.5, 0.6) is 11.5 Å². The van der Waals surface area contributed by atoms with Crippen molar-refractivity contribution in [1.82, 2.24) is 10.2 Å². The summed E-state index contributed by atoms with van der Waals surface area (Å²) < 4.78 is 43.5. The molecule has 13 heteroatoms. The molecular formula is C15H13FN2O9S. The highest BCUT2D eigenvalue weighted by Gasteiger charge is 2.40. The number of hydrogen-bond acceptors (Lipinski definition) is 8. The van der Waals surface area contributed by atoms with Crippen LogP contribution in [0.15, 0.2) is 12.1 Å². The van der Waals surface area contributed by atoms with E-state index in [1.165, 1.54) is 0 Å². The van der Waals surface area contributed by atoms with Crippen molar-refractivity contribution >= 4 is 34.2 Å². The molecule has 0 spiro atoms. The number of carboxylic acids is 1. The van der Waals surface area contributed by atoms with Crippen molar-refractivity contribution in [1.29, 1.82) is 0 Å². The summed E-state index contributed by atoms with van der Waals surface area (Å²) in [6.45, 7) is -0.969. The molecule has 0 radical (unpaired) electrons. The summed E-state index contributed by atoms with van der Waals surface area (Å²) in [5.41, 5.74) is 0.0470. The van der Waals surface area contributed by atoms with Crippen molar-refractivity contribution in [3.05, 3.63) is 23.3 Å². The minimum Gasteiger partial charge on any atom is -0.481 e. The second kappa shape index (κ2) is 7.07. The van der Waals surface area contributed by atoms with Gasteiger partial charge in [0.15, 0.2) is 6.61 Å². The molecule has 2 aliphatic rings. The quantitative estimate of drug-likeness (QED) is 0.461. The second-order valence-electron chi connectivity index (χ2n) is 6.01. The van der Waals surface area contributed by atoms with Gasteiger partial charge in [-0.1, -0.05) is 3.89 Å². The molecule has 0 saturated carbocycles. The zero-order chi connectivity index (χ0) is 20.6. The number of imide groups is 1. The average Bonchev–Trinajstić information content (AvgIpc) is 2.88. The van der Waals surface area contributed by atoms with E-state index in [1.54, 1.807) is 0 Å². The van der Waals surface area contributed by atoms with Gasteiger partial charge in [-0.05, 0) is 12.5 Å². The fourth-order valence-corrected chi connectivity index (χ4v) is 3.36. The predicted octanol–water partition coefficient (Wildman–Crippen LogP) is -0.496. The van der Waals surface area contributed by atoms with Crippen LogP contribution in [0, 0.1) is 0 Å². The van der Waals surface area contributed by atoms with Crippen LogP contribution in [0.1, 0.15) is 28.8 Å². The van der Waals surface area contributed by atoms with Gasteiger partial charge in [-0.15, -0.1) is 0 Å². The Hall–Kier alpha value is -3.22. The van der Waals surface area contributed by atoms with Crippen molar-refractivity contribution < 1.29 is 45.5 Å². The molecule has 1 aromatic rings. The molecule has 150 valence electrons. The zero-order valence-electron chi connectivity index (χ0n) is 14.0. The first-order valence-corrected chi connectivity index (χ1v) is 9.16. The molecular weight excluding hydrogens is 403 g/mol. The number of benzene rings is 1. The number of rotatable bonds is 6. The summed E-state index contributed by atoms with van der Waals surface area (Å²) in [4.78, 5) is 48.0. The average molecular weight is 416 g/mol. The van der Waals surface area contributed by atoms with Gasteiger partial charge in [-0.25, -0.2) is 4.79 Å². The van der Waals surface area contributed by atoms with Gasteiger partial charge >= 0.3 is 16.5 Å². The molecule has 2 N–H and O–H groups in total. The lowest BCUT2D eigenvalue weighted by molar-refractivity contribution is -0.139. The molecule has 3 rings (SSSR count). The molecule has 1 aromatic carbocycles. The van der Waals surface area contributed by atoms with Crippen LogP contribution in [-0.2, 0) is 31.4 Å². The van der Waals surface area contributed by atoms with Crippen LogP contribution in [-0.4, -0.2) is 54.8 Å². The Morgan fingerprint density at radius 1 is 1.32 bits per heavy atom. The summed E-state index contributed by atoms with van der Waals surface area (Å²) >= 11 is 0. The minimum atomic E-state index is -5.41. The molecule has 0 aromatic heterocycles. The summed E-state index contributed by atoms with van der Waals surface area (Å²) in [5.74, 6) is -3.99. The van der Waals surface area contributed by atoms with E-state index in [4.69, 9.17) is 9.84 Å². The largest absolute Gasteiger partial charge is 0.488 e. The van der Waals surface area contributed by atoms with E-state index in [0.717, 1.165) is 17.0 Å². The van der Waals surface area contributed by atoms with E-state index in [0.29, 0.717) is 0 Å². The van der Waals surface area contributed by atoms with E-state index >= 15 is 0 Å². The van der Waals surface area contributed by atoms with E-state index in [-0.39, 0.29) is 36.3 Å². The number of nitrogens with one attached hydrogen (secondary N) is 1. The number of carbonyl (C=O) groups is 4. The van der Waals surface area contributed by atoms with Gasteiger partial charge in [0.2, 0.25) is 11.8 Å². The highest BCUT2D eigenvalue weighted by Crippen LogP contribution is 2.37. The Morgan fingerprint density at radius 3 is 2.64 bits per heavy atom. The number of carboxylic acid groups (broad SMARTS) is 1. The number of nitrogens with zero attached hydrogens (tertiary/aromatic N) is 1. The molecule has 1 saturated heterocycles. The van der Waals surface area contributed by atoms with Gasteiger partial charge in [0.05, 0.1) is 12.1 Å². The number of amides is 3. The highest BCUT2D eigenvalue weighted by atomic mass is 32.3. The van der Waals surface area contributed by atoms with E-state index in [9.17, 15) is 31.5 Å². The molecule has 3 amide bonds. The summed E-state index contributed by atoms with van der Waals surface area (Å²) in [6.07, 6.45) is 0.102. The summed E-state index contributed by atoms with van der Waals surface area (Å²) in [5, 5.41) is 10.9. The van der Waals surface area contributed by atoms with Gasteiger partial charge < -0.3 is 18.9 Å². The van der Waals surface area contributed by atoms with Crippen molar-refractivity contribution in [2.24, 2.45) is 0 Å². The molecule has 2 aliphatic heterocycles. The number of ether oxygens (including phenoxy) is 1. The number of piperidine rings is 1. The molecule has 1 unspecified atom stereocenters. The molecule has 28 heavy (non-hydrogen) atoms. The third-order valence-corrected chi connectivity index (χ3v) is 4.53. The topological polar surface area (TPSA) is 156 Å². The smallest absolute Gasteiger partial charge is 0.481 e. The van der Waals surface area contributed by atoms with Gasteiger partial charge in [-0.3, -0.25) is 19.7 Å². The SMILES string of the molecule is O=C(O)COc1cc(OS(=O)(=O)F)cc2c1CN(C1CCC(=O)NC1=O)C2=O. The van der Waals surface area contributed by atoms with Crippen LogP contribution < -0.4 is 14.2 Å². The van der Waals surface area contributed by atoms with Crippen LogP contribution in [0.3, 0.4) is 0 Å². The van der Waals surface area contributed by atoms with Gasteiger partial charge in [0, 0.05) is 18.1 Å². The second-order valence-corrected chi connectivity index (χ2v) is 6.96. The molecule has 1 atom stereocenters. The lowest BCUT2D eigenvalue weighted by atomic mass is 10.0. The standard InChI is InChI=1S/C15H13FN2O9S/c16-28(24,25)27-7-3-8-9(11(4-7)26-6-13(20)21)5-18(15(8)23)10-1-2-12(19)17-14(10)22/h3-4,10H,1-2,5-6H2,(H,20,21)(H,17,19,22). The Balaban J connectivity index is 1.97. The van der Waals surface area contributed by atoms with Gasteiger partial charge in [0.1, 0.15) is 17.5 Å². The summed E-state index contributed by atoms with van der Waals surface area (Å²) in [7, 11) is -5.41. The maximum absolute atomic E-state index is 12.9. The number of carbonyl (C=O) groups excluding carboxylic acids is 3. The Morgan fingerprint density at radius 2 is 2.04 bits per heavy atom. The van der Waals surface area contributed by atoms with Gasteiger partial charge in [-0.2, -0.15) is 8.42 Å². The van der Waals surface area contributed by atoms with Crippen molar-refractivity contribution in [3.63, 3.8) is 0 Å². The monoisotopic (exact) mass is 416 g/mol. The summed E-state index contributed by atoms with van der Waals surface area (Å²) in [6, 6.07) is 0.924. The van der Waals surface area contributed by atoms with Crippen LogP contribution >= 0.6 is 0 Å². The number of aliphatic carboxylic acids is 1. The third kappa shape index (κ3) is 4.03. The fourth-order valence-electron chi connectivity index (χ4n) is 3.03. The Kier molecular flexibility index (Phi) is 4.93.